The molecule has 0 unspecified atom stereocenters. The van der Waals surface area contributed by atoms with Crippen LogP contribution in [0.1, 0.15) is 17.4 Å². The summed E-state index contributed by atoms with van der Waals surface area (Å²) in [4.78, 5) is 0. The Morgan fingerprint density at radius 1 is 1.00 bits per heavy atom. The Morgan fingerprint density at radius 2 is 1.77 bits per heavy atom. The fraction of sp³-hybridized carbons (Fsp3) is 0.333. The van der Waals surface area contributed by atoms with Gasteiger partial charge in [-0.25, -0.2) is 0 Å². The van der Waals surface area contributed by atoms with E-state index in [1.54, 1.807) is 7.11 Å². The van der Waals surface area contributed by atoms with E-state index in [0.29, 0.717) is 19.8 Å². The monoisotopic (exact) mass is 300 g/mol. The molecular weight excluding hydrogens is 280 g/mol. The second-order valence-electron chi connectivity index (χ2n) is 5.19. The predicted octanol–water partition coefficient (Wildman–Crippen LogP) is 3.33. The van der Waals surface area contributed by atoms with Gasteiger partial charge in [-0.2, -0.15) is 0 Å². The molecule has 0 bridgehead atoms. The number of rotatable bonds is 5. The Hall–Kier alpha value is -1.88. The second kappa shape index (κ2) is 7.40. The van der Waals surface area contributed by atoms with Crippen molar-refractivity contribution in [2.45, 2.75) is 19.0 Å². The molecule has 4 nitrogen and oxygen atoms in total. The van der Waals surface area contributed by atoms with E-state index in [-0.39, 0.29) is 12.4 Å². The maximum absolute atomic E-state index is 5.82. The van der Waals surface area contributed by atoms with Gasteiger partial charge in [0.2, 0.25) is 0 Å². The first-order valence-corrected chi connectivity index (χ1v) is 7.38. The molecule has 0 N–H and O–H groups in total. The number of hydrogen-bond acceptors (Lipinski definition) is 4. The highest BCUT2D eigenvalue weighted by Crippen LogP contribution is 2.26. The van der Waals surface area contributed by atoms with E-state index in [9.17, 15) is 0 Å². The van der Waals surface area contributed by atoms with E-state index < -0.39 is 0 Å². The highest BCUT2D eigenvalue weighted by atomic mass is 16.7. The molecule has 2 aromatic carbocycles. The van der Waals surface area contributed by atoms with Crippen LogP contribution in [-0.4, -0.2) is 26.4 Å². The van der Waals surface area contributed by atoms with Crippen molar-refractivity contribution in [3.63, 3.8) is 0 Å². The van der Waals surface area contributed by atoms with Crippen molar-refractivity contribution in [3.05, 3.63) is 65.7 Å². The molecule has 2 aromatic rings. The van der Waals surface area contributed by atoms with Crippen molar-refractivity contribution < 1.29 is 18.9 Å². The predicted molar refractivity (Wildman–Crippen MR) is 82.7 cm³/mol. The van der Waals surface area contributed by atoms with Gasteiger partial charge < -0.3 is 18.9 Å². The summed E-state index contributed by atoms with van der Waals surface area (Å²) in [7, 11) is 1.65. The number of methoxy groups -OCH3 is 1. The summed E-state index contributed by atoms with van der Waals surface area (Å²) in [6, 6.07) is 17.8. The minimum Gasteiger partial charge on any atom is -0.497 e. The van der Waals surface area contributed by atoms with Crippen molar-refractivity contribution >= 4 is 0 Å². The molecule has 0 aromatic heterocycles. The molecule has 22 heavy (non-hydrogen) atoms. The van der Waals surface area contributed by atoms with Crippen molar-refractivity contribution in [3.8, 4) is 5.75 Å². The van der Waals surface area contributed by atoms with Crippen molar-refractivity contribution in [1.29, 1.82) is 0 Å². The van der Waals surface area contributed by atoms with Crippen LogP contribution in [0.5, 0.6) is 5.75 Å². The van der Waals surface area contributed by atoms with Crippen LogP contribution in [0.4, 0.5) is 0 Å². The van der Waals surface area contributed by atoms with Crippen molar-refractivity contribution in [2.24, 2.45) is 0 Å². The lowest BCUT2D eigenvalue weighted by Gasteiger charge is -2.29. The van der Waals surface area contributed by atoms with Crippen molar-refractivity contribution in [2.75, 3.05) is 20.3 Å². The standard InChI is InChI=1S/C18H20O4/c1-19-16-9-5-8-15(10-16)18-21-12-17(13-22-18)20-11-14-6-3-2-4-7-14/h2-10,17-18H,11-13H2,1H3/t17-,18+. The Balaban J connectivity index is 1.49. The summed E-state index contributed by atoms with van der Waals surface area (Å²) in [5.74, 6) is 0.798. The van der Waals surface area contributed by atoms with Gasteiger partial charge in [-0.05, 0) is 17.7 Å². The van der Waals surface area contributed by atoms with E-state index in [1.807, 2.05) is 54.6 Å². The Bertz CT molecular complexity index is 577. The molecule has 116 valence electrons. The van der Waals surface area contributed by atoms with E-state index in [4.69, 9.17) is 18.9 Å². The molecule has 1 aliphatic heterocycles. The fourth-order valence-corrected chi connectivity index (χ4v) is 2.35. The Kier molecular flexibility index (Phi) is 5.06. The number of ether oxygens (including phenoxy) is 4. The summed E-state index contributed by atoms with van der Waals surface area (Å²) >= 11 is 0. The van der Waals surface area contributed by atoms with Gasteiger partial charge in [0.1, 0.15) is 11.9 Å². The molecule has 4 heteroatoms. The van der Waals surface area contributed by atoms with Crippen molar-refractivity contribution in [1.82, 2.24) is 0 Å². The average molecular weight is 300 g/mol. The molecule has 1 aliphatic rings. The zero-order chi connectivity index (χ0) is 15.2. The van der Waals surface area contributed by atoms with Gasteiger partial charge in [-0.3, -0.25) is 0 Å². The molecule has 3 rings (SSSR count). The normalized spacial score (nSPS) is 21.5. The minimum atomic E-state index is -0.355. The maximum Gasteiger partial charge on any atom is 0.184 e. The van der Waals surface area contributed by atoms with Crippen LogP contribution in [0.15, 0.2) is 54.6 Å². The minimum absolute atomic E-state index is 0.0398. The first kappa shape index (κ1) is 15.0. The lowest BCUT2D eigenvalue weighted by molar-refractivity contribution is -0.232. The molecule has 1 fully saturated rings. The van der Waals surface area contributed by atoms with Crippen LogP contribution in [0.25, 0.3) is 0 Å². The lowest BCUT2D eigenvalue weighted by Crippen LogP contribution is -2.33. The smallest absolute Gasteiger partial charge is 0.184 e. The maximum atomic E-state index is 5.82. The SMILES string of the molecule is COc1cccc([C@H]2OC[C@@H](OCc3ccccc3)CO2)c1. The molecule has 0 saturated carbocycles. The van der Waals surface area contributed by atoms with Gasteiger partial charge in [0, 0.05) is 5.56 Å². The van der Waals surface area contributed by atoms with Crippen LogP contribution >= 0.6 is 0 Å². The largest absolute Gasteiger partial charge is 0.497 e. The highest BCUT2D eigenvalue weighted by molar-refractivity contribution is 5.29. The lowest BCUT2D eigenvalue weighted by atomic mass is 10.2. The van der Waals surface area contributed by atoms with E-state index >= 15 is 0 Å². The quantitative estimate of drug-likeness (QED) is 0.849. The summed E-state index contributed by atoms with van der Waals surface area (Å²) in [5.41, 5.74) is 2.11. The first-order valence-electron chi connectivity index (χ1n) is 7.38. The van der Waals surface area contributed by atoms with E-state index in [0.717, 1.165) is 16.9 Å². The molecule has 0 aliphatic carbocycles. The Morgan fingerprint density at radius 3 is 2.50 bits per heavy atom. The molecule has 0 spiro atoms. The van der Waals surface area contributed by atoms with Crippen LogP contribution < -0.4 is 4.74 Å². The summed E-state index contributed by atoms with van der Waals surface area (Å²) < 4.78 is 22.6. The molecule has 0 atom stereocenters. The van der Waals surface area contributed by atoms with Gasteiger partial charge in [-0.15, -0.1) is 0 Å². The van der Waals surface area contributed by atoms with Crippen LogP contribution in [0.2, 0.25) is 0 Å². The topological polar surface area (TPSA) is 36.9 Å². The van der Waals surface area contributed by atoms with Crippen LogP contribution in [0.3, 0.4) is 0 Å². The van der Waals surface area contributed by atoms with Gasteiger partial charge in [0.15, 0.2) is 6.29 Å². The molecular formula is C18H20O4. The third-order valence-corrected chi connectivity index (χ3v) is 3.56. The molecule has 1 saturated heterocycles. The molecule has 0 radical (unpaired) electrons. The fourth-order valence-electron chi connectivity index (χ4n) is 2.35. The molecule has 0 amide bonds. The summed E-state index contributed by atoms with van der Waals surface area (Å²) in [5, 5.41) is 0. The van der Waals surface area contributed by atoms with Gasteiger partial charge in [0.25, 0.3) is 0 Å². The summed E-state index contributed by atoms with van der Waals surface area (Å²) in [6.45, 7) is 1.62. The highest BCUT2D eigenvalue weighted by Gasteiger charge is 2.24. The van der Waals surface area contributed by atoms with Gasteiger partial charge in [0.05, 0.1) is 26.9 Å². The Labute approximate surface area is 130 Å². The van der Waals surface area contributed by atoms with Crippen LogP contribution in [0, 0.1) is 0 Å². The second-order valence-corrected chi connectivity index (χ2v) is 5.19. The third-order valence-electron chi connectivity index (χ3n) is 3.56. The van der Waals surface area contributed by atoms with Gasteiger partial charge in [-0.1, -0.05) is 42.5 Å². The van der Waals surface area contributed by atoms with E-state index in [2.05, 4.69) is 0 Å². The van der Waals surface area contributed by atoms with E-state index in [1.165, 1.54) is 0 Å². The molecule has 1 heterocycles. The van der Waals surface area contributed by atoms with Crippen LogP contribution in [-0.2, 0) is 20.8 Å². The first-order chi connectivity index (χ1) is 10.8. The zero-order valence-corrected chi connectivity index (χ0v) is 12.6. The summed E-state index contributed by atoms with van der Waals surface area (Å²) in [6.07, 6.45) is -0.395. The average Bonchev–Trinajstić information content (AvgIpc) is 2.61. The van der Waals surface area contributed by atoms with Gasteiger partial charge >= 0.3 is 0 Å². The number of benzene rings is 2. The zero-order valence-electron chi connectivity index (χ0n) is 12.6. The number of hydrogen-bond donors (Lipinski definition) is 0. The third kappa shape index (κ3) is 3.85.